The molecule has 3 rings (SSSR count). The summed E-state index contributed by atoms with van der Waals surface area (Å²) in [6.07, 6.45) is 0. The molecule has 0 aliphatic rings. The number of hydrazone groups is 1. The van der Waals surface area contributed by atoms with Gasteiger partial charge in [-0.25, -0.2) is 5.43 Å². The molecule has 8 heteroatoms. The third-order valence-electron chi connectivity index (χ3n) is 4.17. The summed E-state index contributed by atoms with van der Waals surface area (Å²) in [6.45, 7) is 1.71. The number of nitrogens with zero attached hydrogens (tertiary/aromatic N) is 1. The molecule has 30 heavy (non-hydrogen) atoms. The number of nitrogens with one attached hydrogen (secondary N) is 2. The molecule has 0 aliphatic carbocycles. The van der Waals surface area contributed by atoms with E-state index in [4.69, 9.17) is 23.2 Å². The smallest absolute Gasteiger partial charge is 0.275 e. The van der Waals surface area contributed by atoms with Crippen molar-refractivity contribution in [1.29, 1.82) is 0 Å². The quantitative estimate of drug-likeness (QED) is 0.379. The largest absolute Gasteiger partial charge is 0.507 e. The number of carbonyl (C=O) groups excluding carboxylic acids is 2. The molecule has 0 heterocycles. The molecule has 6 nitrogen and oxygen atoms in total. The highest BCUT2D eigenvalue weighted by Crippen LogP contribution is 2.21. The Morgan fingerprint density at radius 3 is 2.30 bits per heavy atom. The fourth-order valence-corrected chi connectivity index (χ4v) is 2.87. The number of benzene rings is 3. The van der Waals surface area contributed by atoms with Gasteiger partial charge in [-0.15, -0.1) is 0 Å². The summed E-state index contributed by atoms with van der Waals surface area (Å²) in [4.78, 5) is 24.6. The van der Waals surface area contributed by atoms with Crippen LogP contribution in [-0.2, 0) is 0 Å². The maximum atomic E-state index is 12.4. The van der Waals surface area contributed by atoms with Crippen molar-refractivity contribution in [2.45, 2.75) is 6.92 Å². The molecule has 0 atom stereocenters. The number of phenols is 1. The number of rotatable bonds is 5. The molecule has 0 unspecified atom stereocenters. The number of anilines is 1. The van der Waals surface area contributed by atoms with E-state index in [1.807, 2.05) is 0 Å². The lowest BCUT2D eigenvalue weighted by Gasteiger charge is -2.08. The molecule has 0 aromatic heterocycles. The van der Waals surface area contributed by atoms with Crippen molar-refractivity contribution < 1.29 is 14.7 Å². The minimum atomic E-state index is -0.596. The van der Waals surface area contributed by atoms with Crippen LogP contribution >= 0.6 is 23.2 Å². The van der Waals surface area contributed by atoms with E-state index in [9.17, 15) is 14.7 Å². The Kier molecular flexibility index (Phi) is 6.72. The van der Waals surface area contributed by atoms with E-state index >= 15 is 0 Å². The van der Waals surface area contributed by atoms with E-state index in [1.165, 1.54) is 18.2 Å². The van der Waals surface area contributed by atoms with E-state index in [2.05, 4.69) is 15.8 Å². The standard InChI is InChI=1S/C22H17Cl2N3O3/c1-13(26-27-22(30)19-12-17(24)9-10-20(19)28)15-3-2-4-18(11-15)25-21(29)14-5-7-16(23)8-6-14/h2-12,28H,1H3,(H,25,29)(H,27,30). The SMILES string of the molecule is CC(=NNC(=O)c1cc(Cl)ccc1O)c1cccc(NC(=O)c2ccc(Cl)cc2)c1. The fourth-order valence-electron chi connectivity index (χ4n) is 2.58. The number of aromatic hydroxyl groups is 1. The molecule has 0 saturated carbocycles. The second-order valence-corrected chi connectivity index (χ2v) is 7.21. The van der Waals surface area contributed by atoms with E-state index < -0.39 is 5.91 Å². The van der Waals surface area contributed by atoms with Gasteiger partial charge in [-0.2, -0.15) is 5.10 Å². The molecule has 152 valence electrons. The number of amides is 2. The normalized spacial score (nSPS) is 11.1. The van der Waals surface area contributed by atoms with Gasteiger partial charge in [-0.05, 0) is 67.1 Å². The van der Waals surface area contributed by atoms with Crippen LogP contribution in [0.25, 0.3) is 0 Å². The van der Waals surface area contributed by atoms with Crippen LogP contribution in [0.15, 0.2) is 71.8 Å². The first-order valence-corrected chi connectivity index (χ1v) is 9.59. The first-order valence-electron chi connectivity index (χ1n) is 8.84. The first-order chi connectivity index (χ1) is 14.3. The van der Waals surface area contributed by atoms with Gasteiger partial charge in [0.25, 0.3) is 11.8 Å². The Bertz CT molecular complexity index is 1130. The van der Waals surface area contributed by atoms with Gasteiger partial charge in [0.15, 0.2) is 0 Å². The molecule has 3 aromatic carbocycles. The Morgan fingerprint density at radius 1 is 0.867 bits per heavy atom. The summed E-state index contributed by atoms with van der Waals surface area (Å²) < 4.78 is 0. The molecule has 3 N–H and O–H groups in total. The fraction of sp³-hybridized carbons (Fsp3) is 0.0455. The van der Waals surface area contributed by atoms with Crippen LogP contribution in [0, 0.1) is 0 Å². The number of hydrogen-bond acceptors (Lipinski definition) is 4. The summed E-state index contributed by atoms with van der Waals surface area (Å²) in [6, 6.07) is 17.7. The second-order valence-electron chi connectivity index (χ2n) is 6.34. The van der Waals surface area contributed by atoms with Crippen molar-refractivity contribution in [3.8, 4) is 5.75 Å². The monoisotopic (exact) mass is 441 g/mol. The molecule has 0 fully saturated rings. The first kappa shape index (κ1) is 21.4. The number of halogens is 2. The Hall–Kier alpha value is -3.35. The maximum Gasteiger partial charge on any atom is 0.275 e. The molecular formula is C22H17Cl2N3O3. The number of phenolic OH excluding ortho intramolecular Hbond substituents is 1. The molecule has 0 bridgehead atoms. The van der Waals surface area contributed by atoms with Crippen LogP contribution in [-0.4, -0.2) is 22.6 Å². The zero-order valence-corrected chi connectivity index (χ0v) is 17.3. The molecule has 3 aromatic rings. The molecule has 0 aliphatic heterocycles. The number of carbonyl (C=O) groups is 2. The highest BCUT2D eigenvalue weighted by molar-refractivity contribution is 6.31. The lowest BCUT2D eigenvalue weighted by atomic mass is 10.1. The summed E-state index contributed by atoms with van der Waals surface area (Å²) in [5.74, 6) is -1.07. The third-order valence-corrected chi connectivity index (χ3v) is 4.66. The van der Waals surface area contributed by atoms with Gasteiger partial charge < -0.3 is 10.4 Å². The highest BCUT2D eigenvalue weighted by Gasteiger charge is 2.12. The van der Waals surface area contributed by atoms with Gasteiger partial charge in [0.1, 0.15) is 5.75 Å². The zero-order valence-electron chi connectivity index (χ0n) is 15.8. The summed E-state index contributed by atoms with van der Waals surface area (Å²) in [5, 5.41) is 17.5. The molecule has 0 spiro atoms. The maximum absolute atomic E-state index is 12.4. The van der Waals surface area contributed by atoms with Crippen molar-refractivity contribution in [2.24, 2.45) is 5.10 Å². The Labute approximate surface area is 183 Å². The zero-order chi connectivity index (χ0) is 21.7. The minimum Gasteiger partial charge on any atom is -0.507 e. The van der Waals surface area contributed by atoms with Crippen molar-refractivity contribution in [2.75, 3.05) is 5.32 Å². The summed E-state index contributed by atoms with van der Waals surface area (Å²) in [5.41, 5.74) is 4.65. The van der Waals surface area contributed by atoms with Crippen molar-refractivity contribution in [3.05, 3.63) is 93.5 Å². The predicted octanol–water partition coefficient (Wildman–Crippen LogP) is 5.11. The lowest BCUT2D eigenvalue weighted by Crippen LogP contribution is -2.19. The van der Waals surface area contributed by atoms with Gasteiger partial charge in [0, 0.05) is 21.3 Å². The summed E-state index contributed by atoms with van der Waals surface area (Å²) >= 11 is 11.7. The van der Waals surface area contributed by atoms with E-state index in [-0.39, 0.29) is 17.2 Å². The van der Waals surface area contributed by atoms with E-state index in [1.54, 1.807) is 55.5 Å². The van der Waals surface area contributed by atoms with Crippen LogP contribution in [0.3, 0.4) is 0 Å². The predicted molar refractivity (Wildman–Crippen MR) is 119 cm³/mol. The molecule has 0 saturated heterocycles. The van der Waals surface area contributed by atoms with Crippen molar-refractivity contribution >= 4 is 46.4 Å². The van der Waals surface area contributed by atoms with Gasteiger partial charge in [0.2, 0.25) is 0 Å². The van der Waals surface area contributed by atoms with Crippen LogP contribution in [0.2, 0.25) is 10.0 Å². The van der Waals surface area contributed by atoms with Crippen LogP contribution in [0.5, 0.6) is 5.75 Å². The van der Waals surface area contributed by atoms with Gasteiger partial charge in [-0.1, -0.05) is 35.3 Å². The lowest BCUT2D eigenvalue weighted by molar-refractivity contribution is 0.0951. The minimum absolute atomic E-state index is 0.0167. The molecule has 0 radical (unpaired) electrons. The van der Waals surface area contributed by atoms with Gasteiger partial charge >= 0.3 is 0 Å². The topological polar surface area (TPSA) is 90.8 Å². The van der Waals surface area contributed by atoms with Crippen LogP contribution in [0.4, 0.5) is 5.69 Å². The Balaban J connectivity index is 1.71. The van der Waals surface area contributed by atoms with Gasteiger partial charge in [-0.3, -0.25) is 9.59 Å². The van der Waals surface area contributed by atoms with Gasteiger partial charge in [0.05, 0.1) is 11.3 Å². The molecular weight excluding hydrogens is 425 g/mol. The van der Waals surface area contributed by atoms with Crippen molar-refractivity contribution in [3.63, 3.8) is 0 Å². The summed E-state index contributed by atoms with van der Waals surface area (Å²) in [7, 11) is 0. The van der Waals surface area contributed by atoms with Crippen molar-refractivity contribution in [1.82, 2.24) is 5.43 Å². The average molecular weight is 442 g/mol. The Morgan fingerprint density at radius 2 is 1.57 bits per heavy atom. The highest BCUT2D eigenvalue weighted by atomic mass is 35.5. The number of hydrogen-bond donors (Lipinski definition) is 3. The third kappa shape index (κ3) is 5.37. The van der Waals surface area contributed by atoms with E-state index in [0.717, 1.165) is 0 Å². The van der Waals surface area contributed by atoms with Crippen LogP contribution in [0.1, 0.15) is 33.2 Å². The van der Waals surface area contributed by atoms with Crippen LogP contribution < -0.4 is 10.7 Å². The van der Waals surface area contributed by atoms with E-state index in [0.29, 0.717) is 32.6 Å². The average Bonchev–Trinajstić information content (AvgIpc) is 2.74. The molecule has 2 amide bonds. The second kappa shape index (κ2) is 9.43.